The van der Waals surface area contributed by atoms with Crippen LogP contribution in [0.2, 0.25) is 0 Å². The largest absolute Gasteiger partial charge is 0.495 e. The first-order chi connectivity index (χ1) is 8.50. The normalized spacial score (nSPS) is 11.3. The van der Waals surface area contributed by atoms with Crippen molar-refractivity contribution in [3.63, 3.8) is 0 Å². The number of benzene rings is 1. The van der Waals surface area contributed by atoms with E-state index in [0.717, 1.165) is 12.1 Å². The van der Waals surface area contributed by atoms with Crippen LogP contribution in [0.4, 0.5) is 13.2 Å². The fourth-order valence-electron chi connectivity index (χ4n) is 1.46. The molecule has 18 heavy (non-hydrogen) atoms. The van der Waals surface area contributed by atoms with E-state index >= 15 is 0 Å². The summed E-state index contributed by atoms with van der Waals surface area (Å²) in [5.41, 5.74) is -0.0405. The third kappa shape index (κ3) is 2.58. The summed E-state index contributed by atoms with van der Waals surface area (Å²) in [6, 6.07) is 6.45. The van der Waals surface area contributed by atoms with Gasteiger partial charge in [0.1, 0.15) is 5.75 Å². The third-order valence-corrected chi connectivity index (χ3v) is 2.35. The van der Waals surface area contributed by atoms with Gasteiger partial charge in [0, 0.05) is 11.6 Å². The Morgan fingerprint density at radius 3 is 2.61 bits per heavy atom. The van der Waals surface area contributed by atoms with Crippen molar-refractivity contribution in [2.45, 2.75) is 6.18 Å². The maximum atomic E-state index is 12.6. The van der Waals surface area contributed by atoms with E-state index in [1.165, 1.54) is 25.4 Å². The van der Waals surface area contributed by atoms with E-state index < -0.39 is 11.7 Å². The summed E-state index contributed by atoms with van der Waals surface area (Å²) in [6.45, 7) is 0. The molecule has 0 aliphatic rings. The maximum absolute atomic E-state index is 12.6. The summed E-state index contributed by atoms with van der Waals surface area (Å²) in [4.78, 5) is 0. The lowest BCUT2D eigenvalue weighted by Gasteiger charge is -2.08. The smallest absolute Gasteiger partial charge is 0.416 e. The van der Waals surface area contributed by atoms with Crippen LogP contribution in [0.25, 0.3) is 11.3 Å². The second kappa shape index (κ2) is 4.64. The molecule has 2 aromatic rings. The van der Waals surface area contributed by atoms with Crippen LogP contribution in [-0.4, -0.2) is 17.3 Å². The molecule has 6 heteroatoms. The summed E-state index contributed by atoms with van der Waals surface area (Å²) in [5.74, 6) is 0.442. The molecule has 0 atom stereocenters. The SMILES string of the molecule is COc1cnnc(-c2cccc(C(F)(F)F)c2)c1. The van der Waals surface area contributed by atoms with E-state index in [9.17, 15) is 13.2 Å². The van der Waals surface area contributed by atoms with E-state index in [2.05, 4.69) is 10.2 Å². The van der Waals surface area contributed by atoms with E-state index in [-0.39, 0.29) is 0 Å². The maximum Gasteiger partial charge on any atom is 0.416 e. The topological polar surface area (TPSA) is 35.0 Å². The lowest BCUT2D eigenvalue weighted by Crippen LogP contribution is -2.04. The average Bonchev–Trinajstić information content (AvgIpc) is 2.38. The van der Waals surface area contributed by atoms with E-state index in [1.54, 1.807) is 6.07 Å². The van der Waals surface area contributed by atoms with Crippen molar-refractivity contribution in [1.82, 2.24) is 10.2 Å². The van der Waals surface area contributed by atoms with Crippen LogP contribution in [0, 0.1) is 0 Å². The summed E-state index contributed by atoms with van der Waals surface area (Å²) in [6.07, 6.45) is -2.99. The van der Waals surface area contributed by atoms with Crippen molar-refractivity contribution in [3.05, 3.63) is 42.1 Å². The fourth-order valence-corrected chi connectivity index (χ4v) is 1.46. The Kier molecular flexibility index (Phi) is 3.18. The lowest BCUT2D eigenvalue weighted by atomic mass is 10.1. The number of hydrogen-bond donors (Lipinski definition) is 0. The molecule has 0 spiro atoms. The molecule has 0 aliphatic carbocycles. The zero-order valence-electron chi connectivity index (χ0n) is 9.40. The number of methoxy groups -OCH3 is 1. The second-order valence-corrected chi connectivity index (χ2v) is 3.56. The molecular formula is C12H9F3N2O. The predicted molar refractivity (Wildman–Crippen MR) is 59.0 cm³/mol. The lowest BCUT2D eigenvalue weighted by molar-refractivity contribution is -0.137. The Balaban J connectivity index is 2.44. The number of nitrogens with zero attached hydrogens (tertiary/aromatic N) is 2. The molecule has 0 saturated heterocycles. The van der Waals surface area contributed by atoms with Gasteiger partial charge in [-0.2, -0.15) is 23.4 Å². The molecule has 0 radical (unpaired) electrons. The quantitative estimate of drug-likeness (QED) is 0.825. The van der Waals surface area contributed by atoms with Gasteiger partial charge >= 0.3 is 6.18 Å². The van der Waals surface area contributed by atoms with Crippen LogP contribution in [0.5, 0.6) is 5.75 Å². The highest BCUT2D eigenvalue weighted by Crippen LogP contribution is 2.31. The summed E-state index contributed by atoms with van der Waals surface area (Å²) in [7, 11) is 1.45. The van der Waals surface area contributed by atoms with Crippen molar-refractivity contribution in [3.8, 4) is 17.0 Å². The molecular weight excluding hydrogens is 245 g/mol. The molecule has 1 aromatic carbocycles. The number of aromatic nitrogens is 2. The molecule has 1 heterocycles. The molecule has 0 bridgehead atoms. The van der Waals surface area contributed by atoms with Crippen LogP contribution in [0.3, 0.4) is 0 Å². The van der Waals surface area contributed by atoms with Crippen LogP contribution >= 0.6 is 0 Å². The van der Waals surface area contributed by atoms with Gasteiger partial charge in [-0.3, -0.25) is 0 Å². The first-order valence-electron chi connectivity index (χ1n) is 5.05. The number of hydrogen-bond acceptors (Lipinski definition) is 3. The highest BCUT2D eigenvalue weighted by atomic mass is 19.4. The summed E-state index contributed by atoms with van der Waals surface area (Å²) < 4.78 is 42.7. The van der Waals surface area contributed by atoms with E-state index in [0.29, 0.717) is 17.0 Å². The minimum absolute atomic E-state index is 0.334. The average molecular weight is 254 g/mol. The van der Waals surface area contributed by atoms with Crippen molar-refractivity contribution in [2.75, 3.05) is 7.11 Å². The van der Waals surface area contributed by atoms with Gasteiger partial charge in [0.2, 0.25) is 0 Å². The van der Waals surface area contributed by atoms with Crippen molar-refractivity contribution >= 4 is 0 Å². The molecule has 0 amide bonds. The summed E-state index contributed by atoms with van der Waals surface area (Å²) in [5, 5.41) is 7.45. The molecule has 94 valence electrons. The Hall–Kier alpha value is -2.11. The second-order valence-electron chi connectivity index (χ2n) is 3.56. The van der Waals surface area contributed by atoms with Gasteiger partial charge in [0.15, 0.2) is 0 Å². The molecule has 0 N–H and O–H groups in total. The Labute approximate surface area is 101 Å². The Morgan fingerprint density at radius 2 is 1.94 bits per heavy atom. The molecule has 0 fully saturated rings. The number of halogens is 3. The van der Waals surface area contributed by atoms with Crippen LogP contribution < -0.4 is 4.74 Å². The number of alkyl halides is 3. The zero-order valence-corrected chi connectivity index (χ0v) is 9.40. The van der Waals surface area contributed by atoms with Gasteiger partial charge in [-0.15, -0.1) is 0 Å². The molecule has 2 rings (SSSR count). The van der Waals surface area contributed by atoms with Crippen LogP contribution in [0.15, 0.2) is 36.5 Å². The highest BCUT2D eigenvalue weighted by molar-refractivity contribution is 5.61. The van der Waals surface area contributed by atoms with Gasteiger partial charge in [-0.05, 0) is 12.1 Å². The van der Waals surface area contributed by atoms with Gasteiger partial charge in [-0.25, -0.2) is 0 Å². The van der Waals surface area contributed by atoms with Crippen molar-refractivity contribution in [2.24, 2.45) is 0 Å². The minimum Gasteiger partial charge on any atom is -0.495 e. The fraction of sp³-hybridized carbons (Fsp3) is 0.167. The highest BCUT2D eigenvalue weighted by Gasteiger charge is 2.30. The Bertz CT molecular complexity index is 555. The summed E-state index contributed by atoms with van der Waals surface area (Å²) >= 11 is 0. The predicted octanol–water partition coefficient (Wildman–Crippen LogP) is 3.17. The van der Waals surface area contributed by atoms with E-state index in [4.69, 9.17) is 4.74 Å². The van der Waals surface area contributed by atoms with Gasteiger partial charge < -0.3 is 4.74 Å². The van der Waals surface area contributed by atoms with Crippen LogP contribution in [0.1, 0.15) is 5.56 Å². The van der Waals surface area contributed by atoms with E-state index in [1.807, 2.05) is 0 Å². The first kappa shape index (κ1) is 12.3. The molecule has 1 aromatic heterocycles. The number of rotatable bonds is 2. The monoisotopic (exact) mass is 254 g/mol. The number of ether oxygens (including phenoxy) is 1. The molecule has 3 nitrogen and oxygen atoms in total. The third-order valence-electron chi connectivity index (χ3n) is 2.35. The first-order valence-corrected chi connectivity index (χ1v) is 5.05. The molecule has 0 unspecified atom stereocenters. The Morgan fingerprint density at radius 1 is 1.17 bits per heavy atom. The minimum atomic E-state index is -4.37. The standard InChI is InChI=1S/C12H9F3N2O/c1-18-10-6-11(17-16-7-10)8-3-2-4-9(5-8)12(13,14)15/h2-7H,1H3. The van der Waals surface area contributed by atoms with Crippen LogP contribution in [-0.2, 0) is 6.18 Å². The molecule has 0 saturated carbocycles. The van der Waals surface area contributed by atoms with Gasteiger partial charge in [-0.1, -0.05) is 12.1 Å². The van der Waals surface area contributed by atoms with Crippen molar-refractivity contribution in [1.29, 1.82) is 0 Å². The van der Waals surface area contributed by atoms with Gasteiger partial charge in [0.25, 0.3) is 0 Å². The van der Waals surface area contributed by atoms with Gasteiger partial charge in [0.05, 0.1) is 24.6 Å². The molecule has 0 aliphatic heterocycles. The zero-order chi connectivity index (χ0) is 13.2. The van der Waals surface area contributed by atoms with Crippen molar-refractivity contribution < 1.29 is 17.9 Å².